The number of alkyl halides is 5. The number of ether oxygens (including phenoxy) is 1. The van der Waals surface area contributed by atoms with E-state index < -0.39 is 23.2 Å². The SMILES string of the molecule is CC(F)(c1cc(F)ccc1-c1sc2c(ccc3[nH]ncc32)c1Oc1ccc(NC2CN(CCCF)C2)cc1)C(F)(F)F. The molecule has 1 aliphatic rings. The van der Waals surface area contributed by atoms with Gasteiger partial charge < -0.3 is 10.1 Å². The van der Waals surface area contributed by atoms with Crippen molar-refractivity contribution in [3.63, 3.8) is 0 Å². The molecule has 220 valence electrons. The lowest BCUT2D eigenvalue weighted by Crippen LogP contribution is -2.54. The lowest BCUT2D eigenvalue weighted by molar-refractivity contribution is -0.228. The minimum atomic E-state index is -5.28. The Morgan fingerprint density at radius 1 is 1.05 bits per heavy atom. The van der Waals surface area contributed by atoms with Crippen LogP contribution in [0.5, 0.6) is 11.5 Å². The Balaban J connectivity index is 1.37. The summed E-state index contributed by atoms with van der Waals surface area (Å²) in [5.74, 6) is -0.343. The molecule has 1 unspecified atom stereocenters. The Hall–Kier alpha value is -3.77. The van der Waals surface area contributed by atoms with Gasteiger partial charge in [-0.1, -0.05) is 6.07 Å². The summed E-state index contributed by atoms with van der Waals surface area (Å²) in [6.07, 6.45) is -3.16. The van der Waals surface area contributed by atoms with E-state index >= 15 is 4.39 Å². The molecule has 0 saturated carbocycles. The number of aromatic amines is 1. The highest BCUT2D eigenvalue weighted by atomic mass is 32.1. The molecule has 1 fully saturated rings. The predicted molar refractivity (Wildman–Crippen MR) is 152 cm³/mol. The normalized spacial score (nSPS) is 16.1. The molecule has 0 bridgehead atoms. The van der Waals surface area contributed by atoms with Gasteiger partial charge >= 0.3 is 6.18 Å². The molecular formula is C30H26F6N4OS. The van der Waals surface area contributed by atoms with Crippen LogP contribution in [0.2, 0.25) is 0 Å². The Kier molecular flexibility index (Phi) is 7.30. The molecular weight excluding hydrogens is 578 g/mol. The number of hydrogen-bond acceptors (Lipinski definition) is 5. The van der Waals surface area contributed by atoms with Crippen molar-refractivity contribution >= 4 is 38.0 Å². The number of hydrogen-bond donors (Lipinski definition) is 2. The third kappa shape index (κ3) is 5.17. The van der Waals surface area contributed by atoms with Gasteiger partial charge in [0.25, 0.3) is 0 Å². The van der Waals surface area contributed by atoms with Gasteiger partial charge in [0.15, 0.2) is 5.75 Å². The van der Waals surface area contributed by atoms with Crippen molar-refractivity contribution in [2.75, 3.05) is 31.6 Å². The summed E-state index contributed by atoms with van der Waals surface area (Å²) in [7, 11) is 0. The van der Waals surface area contributed by atoms with Crippen LogP contribution in [0.25, 0.3) is 31.4 Å². The summed E-state index contributed by atoms with van der Waals surface area (Å²) in [6.45, 7) is 2.42. The van der Waals surface area contributed by atoms with Crippen LogP contribution >= 0.6 is 11.3 Å². The predicted octanol–water partition coefficient (Wildman–Crippen LogP) is 8.58. The minimum Gasteiger partial charge on any atom is -0.455 e. The second-order valence-corrected chi connectivity index (χ2v) is 11.5. The Morgan fingerprint density at radius 3 is 2.52 bits per heavy atom. The van der Waals surface area contributed by atoms with E-state index in [4.69, 9.17) is 4.74 Å². The first-order valence-electron chi connectivity index (χ1n) is 13.3. The zero-order chi connectivity index (χ0) is 29.6. The average Bonchev–Trinajstić information content (AvgIpc) is 3.55. The first kappa shape index (κ1) is 28.4. The van der Waals surface area contributed by atoms with Gasteiger partial charge in [0.1, 0.15) is 11.6 Å². The van der Waals surface area contributed by atoms with E-state index in [0.29, 0.717) is 40.8 Å². The summed E-state index contributed by atoms with van der Waals surface area (Å²) in [5, 5.41) is 11.7. The first-order chi connectivity index (χ1) is 20.0. The average molecular weight is 605 g/mol. The van der Waals surface area contributed by atoms with Gasteiger partial charge in [-0.3, -0.25) is 14.4 Å². The molecule has 3 heterocycles. The number of nitrogens with zero attached hydrogens (tertiary/aromatic N) is 2. The summed E-state index contributed by atoms with van der Waals surface area (Å²) in [4.78, 5) is 2.40. The maximum atomic E-state index is 15.4. The molecule has 6 rings (SSSR count). The topological polar surface area (TPSA) is 53.2 Å². The molecule has 0 radical (unpaired) electrons. The van der Waals surface area contributed by atoms with E-state index in [9.17, 15) is 22.0 Å². The summed E-state index contributed by atoms with van der Waals surface area (Å²) in [5.41, 5.74) is -3.21. The Bertz CT molecular complexity index is 1720. The van der Waals surface area contributed by atoms with Crippen LogP contribution in [0.1, 0.15) is 18.9 Å². The van der Waals surface area contributed by atoms with Crippen LogP contribution < -0.4 is 10.1 Å². The molecule has 2 N–H and O–H groups in total. The molecule has 2 aromatic heterocycles. The van der Waals surface area contributed by atoms with E-state index in [1.54, 1.807) is 30.5 Å². The molecule has 0 spiro atoms. The van der Waals surface area contributed by atoms with Crippen LogP contribution in [0.15, 0.2) is 60.8 Å². The fourth-order valence-corrected chi connectivity index (χ4v) is 6.46. The molecule has 1 atom stereocenters. The van der Waals surface area contributed by atoms with Crippen LogP contribution in [-0.4, -0.2) is 53.6 Å². The number of benzene rings is 3. The molecule has 42 heavy (non-hydrogen) atoms. The molecule has 3 aromatic carbocycles. The zero-order valence-electron chi connectivity index (χ0n) is 22.4. The fraction of sp³-hybridized carbons (Fsp3) is 0.300. The van der Waals surface area contributed by atoms with Crippen LogP contribution in [-0.2, 0) is 5.67 Å². The van der Waals surface area contributed by atoms with Crippen molar-refractivity contribution in [2.45, 2.75) is 31.2 Å². The maximum absolute atomic E-state index is 15.4. The highest BCUT2D eigenvalue weighted by molar-refractivity contribution is 7.23. The molecule has 0 aliphatic carbocycles. The van der Waals surface area contributed by atoms with Gasteiger partial charge in [0, 0.05) is 51.9 Å². The van der Waals surface area contributed by atoms with Gasteiger partial charge in [0.05, 0.1) is 29.3 Å². The Labute approximate surface area is 241 Å². The molecule has 1 aliphatic heterocycles. The van der Waals surface area contributed by atoms with Gasteiger partial charge in [-0.25, -0.2) is 8.78 Å². The van der Waals surface area contributed by atoms with Crippen molar-refractivity contribution < 1.29 is 31.1 Å². The van der Waals surface area contributed by atoms with Gasteiger partial charge in [-0.05, 0) is 61.9 Å². The van der Waals surface area contributed by atoms with E-state index in [-0.39, 0.29) is 28.9 Å². The summed E-state index contributed by atoms with van der Waals surface area (Å²) < 4.78 is 90.5. The third-order valence-corrected chi connectivity index (χ3v) is 8.76. The third-order valence-electron chi connectivity index (χ3n) is 7.50. The largest absolute Gasteiger partial charge is 0.455 e. The smallest absolute Gasteiger partial charge is 0.426 e. The van der Waals surface area contributed by atoms with Crippen molar-refractivity contribution in [3.05, 3.63) is 72.2 Å². The van der Waals surface area contributed by atoms with Crippen LogP contribution in [0.4, 0.5) is 32.0 Å². The number of aromatic nitrogens is 2. The number of rotatable bonds is 9. The van der Waals surface area contributed by atoms with E-state index in [1.165, 1.54) is 0 Å². The minimum absolute atomic E-state index is 0.118. The molecule has 0 amide bonds. The zero-order valence-corrected chi connectivity index (χ0v) is 23.2. The van der Waals surface area contributed by atoms with Crippen molar-refractivity contribution in [2.24, 2.45) is 0 Å². The fourth-order valence-electron chi connectivity index (χ4n) is 5.19. The first-order valence-corrected chi connectivity index (χ1v) is 14.1. The molecule has 5 aromatic rings. The molecule has 12 heteroatoms. The lowest BCUT2D eigenvalue weighted by Gasteiger charge is -2.40. The number of H-pyrrole nitrogens is 1. The number of fused-ring (bicyclic) bond motifs is 3. The van der Waals surface area contributed by atoms with Gasteiger partial charge in [-0.15, -0.1) is 11.3 Å². The highest BCUT2D eigenvalue weighted by Crippen LogP contribution is 2.53. The van der Waals surface area contributed by atoms with E-state index in [0.717, 1.165) is 54.2 Å². The number of nitrogens with one attached hydrogen (secondary N) is 2. The number of anilines is 1. The monoisotopic (exact) mass is 604 g/mol. The second kappa shape index (κ2) is 10.8. The van der Waals surface area contributed by atoms with E-state index in [2.05, 4.69) is 20.4 Å². The van der Waals surface area contributed by atoms with Crippen LogP contribution in [0, 0.1) is 5.82 Å². The number of thiophene rings is 1. The van der Waals surface area contributed by atoms with Gasteiger partial charge in [-0.2, -0.15) is 18.3 Å². The summed E-state index contributed by atoms with van der Waals surface area (Å²) >= 11 is 1.12. The van der Waals surface area contributed by atoms with Crippen molar-refractivity contribution in [1.82, 2.24) is 15.1 Å². The van der Waals surface area contributed by atoms with Gasteiger partial charge in [0.2, 0.25) is 5.67 Å². The van der Waals surface area contributed by atoms with E-state index in [1.807, 2.05) is 12.1 Å². The maximum Gasteiger partial charge on any atom is 0.426 e. The molecule has 5 nitrogen and oxygen atoms in total. The lowest BCUT2D eigenvalue weighted by atomic mass is 9.91. The second-order valence-electron chi connectivity index (χ2n) is 10.5. The number of likely N-dealkylation sites (tertiary alicyclic amines) is 1. The van der Waals surface area contributed by atoms with Crippen molar-refractivity contribution in [3.8, 4) is 21.9 Å². The van der Waals surface area contributed by atoms with Crippen LogP contribution in [0.3, 0.4) is 0 Å². The highest BCUT2D eigenvalue weighted by Gasteiger charge is 2.54. The number of halogens is 6. The quantitative estimate of drug-likeness (QED) is 0.166. The molecule has 1 saturated heterocycles. The Morgan fingerprint density at radius 2 is 1.81 bits per heavy atom. The summed E-state index contributed by atoms with van der Waals surface area (Å²) in [6, 6.07) is 13.6. The standard InChI is InChI=1S/C30H26F6N4OS/c1-29(33,30(34,35)36)24-13-17(32)3-8-21(24)28-26(22-9-10-25-23(14-37-39-25)27(22)42-28)41-20-6-4-18(5-7-20)38-19-15-40(16-19)12-2-11-31/h3-10,13-14,19,38H,2,11-12,15-16H2,1H3,(H,37,39). The van der Waals surface area contributed by atoms with Crippen molar-refractivity contribution in [1.29, 1.82) is 0 Å².